The van der Waals surface area contributed by atoms with E-state index in [1.165, 1.54) is 11.3 Å². The lowest BCUT2D eigenvalue weighted by Gasteiger charge is -2.34. The van der Waals surface area contributed by atoms with Crippen molar-refractivity contribution in [3.8, 4) is 5.75 Å². The third-order valence-electron chi connectivity index (χ3n) is 4.15. The van der Waals surface area contributed by atoms with Crippen LogP contribution in [0.5, 0.6) is 5.75 Å². The van der Waals surface area contributed by atoms with Crippen LogP contribution < -0.4 is 9.64 Å². The molecule has 1 aromatic carbocycles. The number of anilines is 1. The molecule has 0 N–H and O–H groups in total. The van der Waals surface area contributed by atoms with E-state index in [0.717, 1.165) is 52.2 Å². The van der Waals surface area contributed by atoms with Crippen LogP contribution in [0, 0.1) is 0 Å². The highest BCUT2D eigenvalue weighted by molar-refractivity contribution is 7.22. The number of benzene rings is 1. The SMILES string of the molecule is COc1ccc2nc(N3CCN(C(=O)c4cccs4)CC3)sc2c1. The minimum Gasteiger partial charge on any atom is -0.497 e. The number of aromatic nitrogens is 1. The molecule has 24 heavy (non-hydrogen) atoms. The first kappa shape index (κ1) is 15.4. The maximum atomic E-state index is 12.4. The number of rotatable bonds is 3. The number of piperazine rings is 1. The van der Waals surface area contributed by atoms with Crippen molar-refractivity contribution in [2.24, 2.45) is 0 Å². The van der Waals surface area contributed by atoms with Gasteiger partial charge in [-0.2, -0.15) is 0 Å². The molecule has 1 aliphatic heterocycles. The third kappa shape index (κ3) is 2.85. The Bertz CT molecular complexity index is 852. The van der Waals surface area contributed by atoms with Gasteiger partial charge in [0.25, 0.3) is 5.91 Å². The minimum atomic E-state index is 0.138. The van der Waals surface area contributed by atoms with Crippen molar-refractivity contribution in [1.29, 1.82) is 0 Å². The summed E-state index contributed by atoms with van der Waals surface area (Å²) in [6.07, 6.45) is 0. The Labute approximate surface area is 148 Å². The Kier molecular flexibility index (Phi) is 4.12. The second-order valence-corrected chi connectivity index (χ2v) is 7.54. The van der Waals surface area contributed by atoms with E-state index in [1.807, 2.05) is 40.6 Å². The molecule has 0 atom stereocenters. The zero-order chi connectivity index (χ0) is 16.5. The molecule has 3 heterocycles. The van der Waals surface area contributed by atoms with Gasteiger partial charge < -0.3 is 14.5 Å². The standard InChI is InChI=1S/C17H17N3O2S2/c1-22-12-4-5-13-15(11-12)24-17(18-13)20-8-6-19(7-9-20)16(21)14-3-2-10-23-14/h2-5,10-11H,6-9H2,1H3. The smallest absolute Gasteiger partial charge is 0.264 e. The summed E-state index contributed by atoms with van der Waals surface area (Å²) in [7, 11) is 1.67. The fraction of sp³-hybridized carbons (Fsp3) is 0.294. The van der Waals surface area contributed by atoms with E-state index < -0.39 is 0 Å². The van der Waals surface area contributed by atoms with Crippen LogP contribution in [-0.4, -0.2) is 49.1 Å². The van der Waals surface area contributed by atoms with Crippen molar-refractivity contribution in [1.82, 2.24) is 9.88 Å². The number of thiophene rings is 1. The van der Waals surface area contributed by atoms with Gasteiger partial charge in [0.1, 0.15) is 5.75 Å². The maximum Gasteiger partial charge on any atom is 0.264 e. The van der Waals surface area contributed by atoms with Crippen LogP contribution in [0.25, 0.3) is 10.2 Å². The number of hydrogen-bond acceptors (Lipinski definition) is 6. The highest BCUT2D eigenvalue weighted by atomic mass is 32.1. The molecule has 1 amide bonds. The van der Waals surface area contributed by atoms with E-state index in [1.54, 1.807) is 18.4 Å². The number of carbonyl (C=O) groups excluding carboxylic acids is 1. The zero-order valence-corrected chi connectivity index (χ0v) is 14.9. The van der Waals surface area contributed by atoms with Gasteiger partial charge in [0.05, 0.1) is 22.2 Å². The predicted octanol–water partition coefficient (Wildman–Crippen LogP) is 3.33. The van der Waals surface area contributed by atoms with E-state index >= 15 is 0 Å². The van der Waals surface area contributed by atoms with Crippen LogP contribution in [0.1, 0.15) is 9.67 Å². The summed E-state index contributed by atoms with van der Waals surface area (Å²) in [5.41, 5.74) is 0.993. The van der Waals surface area contributed by atoms with Crippen LogP contribution in [-0.2, 0) is 0 Å². The van der Waals surface area contributed by atoms with Gasteiger partial charge in [0, 0.05) is 26.2 Å². The van der Waals surface area contributed by atoms with Gasteiger partial charge in [-0.05, 0) is 29.6 Å². The Morgan fingerprint density at radius 3 is 2.75 bits per heavy atom. The summed E-state index contributed by atoms with van der Waals surface area (Å²) in [4.78, 5) is 22.1. The number of hydrogen-bond donors (Lipinski definition) is 0. The van der Waals surface area contributed by atoms with Gasteiger partial charge in [-0.1, -0.05) is 17.4 Å². The average Bonchev–Trinajstić information content (AvgIpc) is 3.30. The molecule has 0 radical (unpaired) electrons. The molecule has 1 aliphatic rings. The van der Waals surface area contributed by atoms with Crippen molar-refractivity contribution >= 4 is 43.9 Å². The fourth-order valence-corrected chi connectivity index (χ4v) is 4.55. The van der Waals surface area contributed by atoms with Gasteiger partial charge in [-0.15, -0.1) is 11.3 Å². The van der Waals surface area contributed by atoms with Crippen molar-refractivity contribution < 1.29 is 9.53 Å². The molecule has 4 rings (SSSR count). The van der Waals surface area contributed by atoms with Crippen LogP contribution in [0.2, 0.25) is 0 Å². The summed E-state index contributed by atoms with van der Waals surface area (Å²) in [5.74, 6) is 0.989. The first-order chi connectivity index (χ1) is 11.7. The number of amides is 1. The van der Waals surface area contributed by atoms with Crippen LogP contribution in [0.4, 0.5) is 5.13 Å². The first-order valence-electron chi connectivity index (χ1n) is 7.77. The predicted molar refractivity (Wildman–Crippen MR) is 98.6 cm³/mol. The minimum absolute atomic E-state index is 0.138. The summed E-state index contributed by atoms with van der Waals surface area (Å²) >= 11 is 3.18. The Morgan fingerprint density at radius 1 is 1.21 bits per heavy atom. The summed E-state index contributed by atoms with van der Waals surface area (Å²) in [6.45, 7) is 3.09. The number of ether oxygens (including phenoxy) is 1. The van der Waals surface area contributed by atoms with Crippen molar-refractivity contribution in [2.75, 3.05) is 38.2 Å². The van der Waals surface area contributed by atoms with Crippen molar-refractivity contribution in [3.05, 3.63) is 40.6 Å². The average molecular weight is 359 g/mol. The molecule has 7 heteroatoms. The van der Waals surface area contributed by atoms with Crippen molar-refractivity contribution in [2.45, 2.75) is 0 Å². The van der Waals surface area contributed by atoms with Gasteiger partial charge in [-0.3, -0.25) is 4.79 Å². The molecule has 1 saturated heterocycles. The molecule has 0 bridgehead atoms. The number of thiazole rings is 1. The lowest BCUT2D eigenvalue weighted by Crippen LogP contribution is -2.48. The molecule has 5 nitrogen and oxygen atoms in total. The van der Waals surface area contributed by atoms with E-state index in [2.05, 4.69) is 4.90 Å². The molecule has 3 aromatic rings. The van der Waals surface area contributed by atoms with Crippen LogP contribution in [0.3, 0.4) is 0 Å². The number of fused-ring (bicyclic) bond motifs is 1. The molecule has 0 unspecified atom stereocenters. The van der Waals surface area contributed by atoms with Crippen molar-refractivity contribution in [3.63, 3.8) is 0 Å². The molecular formula is C17H17N3O2S2. The van der Waals surface area contributed by atoms with Gasteiger partial charge >= 0.3 is 0 Å². The highest BCUT2D eigenvalue weighted by Crippen LogP contribution is 2.32. The quantitative estimate of drug-likeness (QED) is 0.720. The van der Waals surface area contributed by atoms with E-state index in [-0.39, 0.29) is 5.91 Å². The van der Waals surface area contributed by atoms with Gasteiger partial charge in [0.15, 0.2) is 5.13 Å². The summed E-state index contributed by atoms with van der Waals surface area (Å²) in [6, 6.07) is 9.76. The van der Waals surface area contributed by atoms with E-state index in [4.69, 9.17) is 9.72 Å². The molecular weight excluding hydrogens is 342 g/mol. The van der Waals surface area contributed by atoms with Gasteiger partial charge in [0.2, 0.25) is 0 Å². The Balaban J connectivity index is 1.46. The second-order valence-electron chi connectivity index (χ2n) is 5.59. The maximum absolute atomic E-state index is 12.4. The normalized spacial score (nSPS) is 15.0. The Hall–Kier alpha value is -2.12. The van der Waals surface area contributed by atoms with Crippen LogP contribution in [0.15, 0.2) is 35.7 Å². The lowest BCUT2D eigenvalue weighted by molar-refractivity contribution is 0.0751. The number of nitrogens with zero attached hydrogens (tertiary/aromatic N) is 3. The second kappa shape index (κ2) is 6.41. The molecule has 2 aromatic heterocycles. The lowest BCUT2D eigenvalue weighted by atomic mass is 10.3. The molecule has 0 saturated carbocycles. The molecule has 1 fully saturated rings. The number of carbonyl (C=O) groups is 1. The highest BCUT2D eigenvalue weighted by Gasteiger charge is 2.24. The monoisotopic (exact) mass is 359 g/mol. The number of methoxy groups -OCH3 is 1. The third-order valence-corrected chi connectivity index (χ3v) is 6.09. The Morgan fingerprint density at radius 2 is 2.04 bits per heavy atom. The first-order valence-corrected chi connectivity index (χ1v) is 9.46. The zero-order valence-electron chi connectivity index (χ0n) is 13.3. The topological polar surface area (TPSA) is 45.7 Å². The summed E-state index contributed by atoms with van der Waals surface area (Å²) < 4.78 is 6.40. The van der Waals surface area contributed by atoms with E-state index in [9.17, 15) is 4.79 Å². The van der Waals surface area contributed by atoms with E-state index in [0.29, 0.717) is 0 Å². The fourth-order valence-electron chi connectivity index (χ4n) is 2.81. The largest absolute Gasteiger partial charge is 0.497 e. The van der Waals surface area contributed by atoms with Gasteiger partial charge in [-0.25, -0.2) is 4.98 Å². The molecule has 0 aliphatic carbocycles. The molecule has 124 valence electrons. The van der Waals surface area contributed by atoms with Crippen LogP contribution >= 0.6 is 22.7 Å². The summed E-state index contributed by atoms with van der Waals surface area (Å²) in [5, 5.41) is 2.96. The molecule has 0 spiro atoms.